The molecule has 1 aliphatic carbocycles. The zero-order chi connectivity index (χ0) is 11.7. The molecule has 0 bridgehead atoms. The van der Waals surface area contributed by atoms with Gasteiger partial charge in [-0.15, -0.1) is 0 Å². The Hall–Kier alpha value is -1.09. The number of hydrogen-bond donors (Lipinski definition) is 1. The number of nitrogens with one attached hydrogen (secondary N) is 1. The van der Waals surface area contributed by atoms with Crippen LogP contribution in [0.4, 0.5) is 5.82 Å². The maximum atomic E-state index is 4.53. The smallest absolute Gasteiger partial charge is 0.130 e. The molecule has 3 rings (SSSR count). The van der Waals surface area contributed by atoms with Crippen LogP contribution in [0.1, 0.15) is 43.7 Å². The molecule has 1 saturated heterocycles. The second-order valence-corrected chi connectivity index (χ2v) is 5.35. The number of hydrogen-bond acceptors (Lipinski definition) is 3. The molecule has 1 aromatic rings. The summed E-state index contributed by atoms with van der Waals surface area (Å²) in [4.78, 5) is 7.00. The molecule has 0 unspecified atom stereocenters. The summed E-state index contributed by atoms with van der Waals surface area (Å²) in [5, 5.41) is 3.56. The van der Waals surface area contributed by atoms with Crippen molar-refractivity contribution in [2.45, 2.75) is 44.2 Å². The van der Waals surface area contributed by atoms with Crippen LogP contribution in [0.3, 0.4) is 0 Å². The van der Waals surface area contributed by atoms with Crippen LogP contribution < -0.4 is 5.32 Å². The van der Waals surface area contributed by atoms with Crippen LogP contribution >= 0.6 is 0 Å². The fraction of sp³-hybridized carbons (Fsp3) is 0.643. The lowest BCUT2D eigenvalue weighted by Gasteiger charge is -2.33. The minimum Gasteiger partial charge on any atom is -0.367 e. The van der Waals surface area contributed by atoms with E-state index in [-0.39, 0.29) is 0 Å². The zero-order valence-corrected chi connectivity index (χ0v) is 10.5. The van der Waals surface area contributed by atoms with Crippen molar-refractivity contribution < 1.29 is 0 Å². The van der Waals surface area contributed by atoms with Crippen LogP contribution in [-0.4, -0.2) is 29.5 Å². The molecule has 1 aromatic heterocycles. The third-order valence-corrected chi connectivity index (χ3v) is 3.89. The number of pyridine rings is 1. The summed E-state index contributed by atoms with van der Waals surface area (Å²) in [6, 6.07) is 5.54. The molecule has 1 aliphatic heterocycles. The molecule has 2 aliphatic rings. The van der Waals surface area contributed by atoms with Gasteiger partial charge in [-0.05, 0) is 45.3 Å². The molecule has 3 nitrogen and oxygen atoms in total. The van der Waals surface area contributed by atoms with Crippen molar-refractivity contribution in [1.29, 1.82) is 0 Å². The molecule has 1 saturated carbocycles. The summed E-state index contributed by atoms with van der Waals surface area (Å²) in [6.45, 7) is 1.21. The Balaban J connectivity index is 1.84. The molecule has 17 heavy (non-hydrogen) atoms. The fourth-order valence-electron chi connectivity index (χ4n) is 2.70. The van der Waals surface area contributed by atoms with Crippen LogP contribution in [0, 0.1) is 0 Å². The molecule has 92 valence electrons. The average Bonchev–Trinajstić information content (AvgIpc) is 3.15. The van der Waals surface area contributed by atoms with E-state index in [0.717, 1.165) is 5.82 Å². The first-order valence-electron chi connectivity index (χ1n) is 6.76. The van der Waals surface area contributed by atoms with E-state index in [9.17, 15) is 0 Å². The summed E-state index contributed by atoms with van der Waals surface area (Å²) in [6.07, 6.45) is 8.44. The maximum absolute atomic E-state index is 4.53. The number of rotatable bonds is 3. The van der Waals surface area contributed by atoms with Gasteiger partial charge in [-0.3, -0.25) is 4.90 Å². The van der Waals surface area contributed by atoms with Gasteiger partial charge in [0.1, 0.15) is 5.82 Å². The second kappa shape index (κ2) is 4.65. The van der Waals surface area contributed by atoms with Crippen LogP contribution in [0.2, 0.25) is 0 Å². The van der Waals surface area contributed by atoms with Crippen LogP contribution in [0.25, 0.3) is 0 Å². The summed E-state index contributed by atoms with van der Waals surface area (Å²) in [5.74, 6) is 1.12. The van der Waals surface area contributed by atoms with Gasteiger partial charge in [0.25, 0.3) is 0 Å². The van der Waals surface area contributed by atoms with Gasteiger partial charge in [0.15, 0.2) is 0 Å². The molecule has 1 atom stereocenters. The summed E-state index contributed by atoms with van der Waals surface area (Å²) in [7, 11) is 2.23. The summed E-state index contributed by atoms with van der Waals surface area (Å²) in [5.41, 5.74) is 1.39. The molecular weight excluding hydrogens is 210 g/mol. The van der Waals surface area contributed by atoms with Gasteiger partial charge >= 0.3 is 0 Å². The largest absolute Gasteiger partial charge is 0.367 e. The topological polar surface area (TPSA) is 28.2 Å². The molecule has 1 N–H and O–H groups in total. The van der Waals surface area contributed by atoms with Crippen molar-refractivity contribution in [3.05, 3.63) is 23.9 Å². The van der Waals surface area contributed by atoms with Gasteiger partial charge in [-0.2, -0.15) is 0 Å². The fourth-order valence-corrected chi connectivity index (χ4v) is 2.70. The normalized spacial score (nSPS) is 25.8. The van der Waals surface area contributed by atoms with Crippen molar-refractivity contribution in [2.75, 3.05) is 18.9 Å². The monoisotopic (exact) mass is 231 g/mol. The van der Waals surface area contributed by atoms with E-state index in [1.165, 1.54) is 44.2 Å². The highest BCUT2D eigenvalue weighted by atomic mass is 15.1. The molecule has 0 spiro atoms. The summed E-state index contributed by atoms with van der Waals surface area (Å²) >= 11 is 0. The van der Waals surface area contributed by atoms with E-state index < -0.39 is 0 Å². The lowest BCUT2D eigenvalue weighted by atomic mass is 9.96. The minimum atomic E-state index is 0.554. The third kappa shape index (κ3) is 2.44. The van der Waals surface area contributed by atoms with Gasteiger partial charge in [-0.25, -0.2) is 4.98 Å². The Morgan fingerprint density at radius 3 is 2.94 bits per heavy atom. The van der Waals surface area contributed by atoms with E-state index in [0.29, 0.717) is 12.1 Å². The lowest BCUT2D eigenvalue weighted by molar-refractivity contribution is 0.187. The number of likely N-dealkylation sites (tertiary alicyclic amines) is 1. The van der Waals surface area contributed by atoms with E-state index in [4.69, 9.17) is 0 Å². The van der Waals surface area contributed by atoms with Gasteiger partial charge in [0, 0.05) is 23.8 Å². The van der Waals surface area contributed by atoms with E-state index in [2.05, 4.69) is 34.4 Å². The molecule has 0 radical (unpaired) electrons. The maximum Gasteiger partial charge on any atom is 0.130 e. The van der Waals surface area contributed by atoms with E-state index in [1.54, 1.807) is 0 Å². The average molecular weight is 231 g/mol. The lowest BCUT2D eigenvalue weighted by Crippen LogP contribution is -2.30. The Kier molecular flexibility index (Phi) is 3.02. The zero-order valence-electron chi connectivity index (χ0n) is 10.5. The first-order chi connectivity index (χ1) is 8.34. The van der Waals surface area contributed by atoms with Gasteiger partial charge in [0.2, 0.25) is 0 Å². The molecule has 2 heterocycles. The molecule has 2 fully saturated rings. The van der Waals surface area contributed by atoms with Crippen LogP contribution in [0.15, 0.2) is 18.3 Å². The van der Waals surface area contributed by atoms with Crippen molar-refractivity contribution in [2.24, 2.45) is 0 Å². The Morgan fingerprint density at radius 1 is 1.29 bits per heavy atom. The first-order valence-corrected chi connectivity index (χ1v) is 6.76. The quantitative estimate of drug-likeness (QED) is 0.867. The highest BCUT2D eigenvalue weighted by Crippen LogP contribution is 2.34. The Morgan fingerprint density at radius 2 is 2.18 bits per heavy atom. The minimum absolute atomic E-state index is 0.554. The predicted octanol–water partition coefficient (Wildman–Crippen LogP) is 2.81. The van der Waals surface area contributed by atoms with E-state index >= 15 is 0 Å². The van der Waals surface area contributed by atoms with Crippen LogP contribution in [-0.2, 0) is 0 Å². The Labute approximate surface area is 103 Å². The van der Waals surface area contributed by atoms with E-state index in [1.807, 2.05) is 6.20 Å². The molecule has 0 aromatic carbocycles. The van der Waals surface area contributed by atoms with Crippen molar-refractivity contribution in [3.63, 3.8) is 0 Å². The standard InChI is InChI=1S/C14H21N3/c1-17-10-3-2-6-13(17)12-5-4-9-15-14(12)16-11-7-8-11/h4-5,9,11,13H,2-3,6-8,10H2,1H3,(H,15,16)/t13-/m0/s1. The number of nitrogens with zero attached hydrogens (tertiary/aromatic N) is 2. The molecular formula is C14H21N3. The molecule has 3 heteroatoms. The second-order valence-electron chi connectivity index (χ2n) is 5.35. The number of piperidine rings is 1. The Bertz CT molecular complexity index is 387. The molecule has 0 amide bonds. The van der Waals surface area contributed by atoms with Crippen molar-refractivity contribution >= 4 is 5.82 Å². The summed E-state index contributed by atoms with van der Waals surface area (Å²) < 4.78 is 0. The highest BCUT2D eigenvalue weighted by Gasteiger charge is 2.27. The van der Waals surface area contributed by atoms with Gasteiger partial charge in [-0.1, -0.05) is 12.5 Å². The van der Waals surface area contributed by atoms with Crippen LogP contribution in [0.5, 0.6) is 0 Å². The van der Waals surface area contributed by atoms with Gasteiger partial charge in [0.05, 0.1) is 0 Å². The highest BCUT2D eigenvalue weighted by molar-refractivity contribution is 5.47. The number of anilines is 1. The third-order valence-electron chi connectivity index (χ3n) is 3.89. The first kappa shape index (κ1) is 11.0. The van der Waals surface area contributed by atoms with Crippen molar-refractivity contribution in [3.8, 4) is 0 Å². The number of aromatic nitrogens is 1. The SMILES string of the molecule is CN1CCCC[C@H]1c1cccnc1NC1CC1. The van der Waals surface area contributed by atoms with Crippen molar-refractivity contribution in [1.82, 2.24) is 9.88 Å². The predicted molar refractivity (Wildman–Crippen MR) is 70.1 cm³/mol. The van der Waals surface area contributed by atoms with Gasteiger partial charge < -0.3 is 5.32 Å².